The topological polar surface area (TPSA) is 0 Å². The van der Waals surface area contributed by atoms with E-state index in [1.54, 1.807) is 0 Å². The van der Waals surface area contributed by atoms with Crippen molar-refractivity contribution in [1.29, 1.82) is 0 Å². The molecule has 0 spiro atoms. The molecule has 0 aromatic heterocycles. The number of aryl methyl sites for hydroxylation is 1. The van der Waals surface area contributed by atoms with Crippen molar-refractivity contribution in [3.8, 4) is 0 Å². The summed E-state index contributed by atoms with van der Waals surface area (Å²) in [6.07, 6.45) is 1.05. The Hall–Kier alpha value is -1.04. The Bertz CT molecular complexity index is 326. The zero-order chi connectivity index (χ0) is 14.8. The van der Waals surface area contributed by atoms with Crippen molar-refractivity contribution >= 4 is 5.57 Å². The minimum atomic E-state index is 0.320. The van der Waals surface area contributed by atoms with Crippen molar-refractivity contribution < 1.29 is 0 Å². The molecule has 0 aliphatic carbocycles. The molecule has 0 bridgehead atoms. The van der Waals surface area contributed by atoms with Crippen LogP contribution in [-0.4, -0.2) is 0 Å². The van der Waals surface area contributed by atoms with Crippen LogP contribution in [0.3, 0.4) is 0 Å². The van der Waals surface area contributed by atoms with E-state index >= 15 is 0 Å². The molecule has 0 saturated heterocycles. The third-order valence-corrected chi connectivity index (χ3v) is 2.17. The highest BCUT2D eigenvalue weighted by molar-refractivity contribution is 5.64. The lowest BCUT2D eigenvalue weighted by atomic mass is 9.86. The van der Waals surface area contributed by atoms with E-state index in [1.165, 1.54) is 16.7 Å². The summed E-state index contributed by atoms with van der Waals surface area (Å²) in [5, 5.41) is 0. The summed E-state index contributed by atoms with van der Waals surface area (Å²) in [6.45, 7) is 21.0. The summed E-state index contributed by atoms with van der Waals surface area (Å²) in [7, 11) is 0. The van der Waals surface area contributed by atoms with Crippen LogP contribution in [0.5, 0.6) is 0 Å². The minimum Gasteiger partial charge on any atom is -0.0952 e. The average molecular weight is 248 g/mol. The Morgan fingerprint density at radius 1 is 1.06 bits per heavy atom. The fraction of sp³-hybridized carbons (Fsp3) is 0.556. The van der Waals surface area contributed by atoms with Crippen LogP contribution in [0.1, 0.15) is 66.0 Å². The molecule has 0 fully saturated rings. The zero-order valence-electron chi connectivity index (χ0n) is 13.7. The maximum Gasteiger partial charge on any atom is -0.0228 e. The number of allylic oxidation sites excluding steroid dienone is 1. The van der Waals surface area contributed by atoms with E-state index < -0.39 is 0 Å². The van der Waals surface area contributed by atoms with E-state index in [-0.39, 0.29) is 0 Å². The first kappa shape index (κ1) is 19.3. The van der Waals surface area contributed by atoms with E-state index in [2.05, 4.69) is 58.5 Å². The Morgan fingerprint density at radius 2 is 1.56 bits per heavy atom. The van der Waals surface area contributed by atoms with Crippen LogP contribution >= 0.6 is 0 Å². The highest BCUT2D eigenvalue weighted by Crippen LogP contribution is 2.29. The van der Waals surface area contributed by atoms with Crippen molar-refractivity contribution in [2.24, 2.45) is 5.41 Å². The maximum absolute atomic E-state index is 4.15. The first-order valence-corrected chi connectivity index (χ1v) is 7.13. The van der Waals surface area contributed by atoms with Gasteiger partial charge >= 0.3 is 0 Å². The molecule has 18 heavy (non-hydrogen) atoms. The number of hydrogen-bond donors (Lipinski definition) is 0. The molecule has 0 saturated carbocycles. The lowest BCUT2D eigenvalue weighted by Gasteiger charge is -2.20. The van der Waals surface area contributed by atoms with Gasteiger partial charge in [-0.25, -0.2) is 0 Å². The van der Waals surface area contributed by atoms with Gasteiger partial charge in [0.1, 0.15) is 0 Å². The first-order valence-electron chi connectivity index (χ1n) is 7.13. The van der Waals surface area contributed by atoms with E-state index in [0.717, 1.165) is 6.42 Å². The van der Waals surface area contributed by atoms with Crippen molar-refractivity contribution in [1.82, 2.24) is 0 Å². The predicted molar refractivity (Wildman–Crippen MR) is 87.0 cm³/mol. The maximum atomic E-state index is 4.15. The average Bonchev–Trinajstić information content (AvgIpc) is 2.32. The number of benzene rings is 1. The molecular formula is C18H32. The third-order valence-electron chi connectivity index (χ3n) is 2.17. The molecule has 1 aromatic rings. The molecule has 0 heteroatoms. The Morgan fingerprint density at radius 3 is 1.94 bits per heavy atom. The van der Waals surface area contributed by atoms with Gasteiger partial charge in [0.05, 0.1) is 0 Å². The molecule has 0 unspecified atom stereocenters. The van der Waals surface area contributed by atoms with Gasteiger partial charge in [-0.3, -0.25) is 0 Å². The normalized spacial score (nSPS) is 9.56. The number of rotatable bonds is 2. The van der Waals surface area contributed by atoms with Gasteiger partial charge < -0.3 is 0 Å². The summed E-state index contributed by atoms with van der Waals surface area (Å²) in [5.41, 5.74) is 4.14. The van der Waals surface area contributed by atoms with Crippen LogP contribution in [0.2, 0.25) is 0 Å². The molecule has 0 heterocycles. The lowest BCUT2D eigenvalue weighted by Crippen LogP contribution is -2.05. The van der Waals surface area contributed by atoms with Gasteiger partial charge in [-0.2, -0.15) is 0 Å². The van der Waals surface area contributed by atoms with Crippen LogP contribution in [0, 0.1) is 12.3 Å². The molecule has 0 nitrogen and oxygen atoms in total. The molecule has 0 N–H and O–H groups in total. The summed E-state index contributed by atoms with van der Waals surface area (Å²) in [5.74, 6) is 0. The molecule has 0 aliphatic rings. The lowest BCUT2D eigenvalue weighted by molar-refractivity contribution is 0.427. The third kappa shape index (κ3) is 9.04. The summed E-state index contributed by atoms with van der Waals surface area (Å²) in [4.78, 5) is 0. The summed E-state index contributed by atoms with van der Waals surface area (Å²) < 4.78 is 0. The van der Waals surface area contributed by atoms with Crippen molar-refractivity contribution in [3.63, 3.8) is 0 Å². The smallest absolute Gasteiger partial charge is 0.0228 e. The molecular weight excluding hydrogens is 216 g/mol. The quantitative estimate of drug-likeness (QED) is 0.560. The predicted octanol–water partition coefficient (Wildman–Crippen LogP) is 6.50. The standard InChI is InChI=1S/C14H20.2C2H6/c1-11-7-6-8-13(9-11)12(2)10-14(3,4)5;2*1-2/h6-9H,2,10H2,1,3-5H3;2*1-2H3. The summed E-state index contributed by atoms with van der Waals surface area (Å²) in [6, 6.07) is 8.56. The van der Waals surface area contributed by atoms with Crippen molar-refractivity contribution in [2.45, 2.75) is 61.8 Å². The van der Waals surface area contributed by atoms with Crippen LogP contribution in [0.15, 0.2) is 30.8 Å². The van der Waals surface area contributed by atoms with Gasteiger partial charge in [0, 0.05) is 0 Å². The van der Waals surface area contributed by atoms with E-state index in [9.17, 15) is 0 Å². The minimum absolute atomic E-state index is 0.320. The second-order valence-electron chi connectivity index (χ2n) is 5.21. The van der Waals surface area contributed by atoms with Crippen LogP contribution in [0.25, 0.3) is 5.57 Å². The van der Waals surface area contributed by atoms with Gasteiger partial charge in [0.15, 0.2) is 0 Å². The van der Waals surface area contributed by atoms with Gasteiger partial charge in [-0.1, -0.05) is 84.9 Å². The molecule has 1 aromatic carbocycles. The number of hydrogen-bond acceptors (Lipinski definition) is 0. The Balaban J connectivity index is 0. The van der Waals surface area contributed by atoms with Gasteiger partial charge in [0.25, 0.3) is 0 Å². The molecule has 1 rings (SSSR count). The highest BCUT2D eigenvalue weighted by atomic mass is 14.2. The summed E-state index contributed by atoms with van der Waals surface area (Å²) >= 11 is 0. The molecule has 0 aliphatic heterocycles. The van der Waals surface area contributed by atoms with Crippen molar-refractivity contribution in [2.75, 3.05) is 0 Å². The second kappa shape index (κ2) is 9.94. The van der Waals surface area contributed by atoms with Gasteiger partial charge in [0.2, 0.25) is 0 Å². The molecule has 0 amide bonds. The Kier molecular flexibility index (Phi) is 10.7. The van der Waals surface area contributed by atoms with Gasteiger partial charge in [-0.15, -0.1) is 0 Å². The fourth-order valence-electron chi connectivity index (χ4n) is 1.61. The second-order valence-corrected chi connectivity index (χ2v) is 5.21. The van der Waals surface area contributed by atoms with Crippen LogP contribution < -0.4 is 0 Å². The molecule has 0 radical (unpaired) electrons. The zero-order valence-corrected chi connectivity index (χ0v) is 13.7. The van der Waals surface area contributed by atoms with Crippen LogP contribution in [0.4, 0.5) is 0 Å². The molecule has 0 atom stereocenters. The largest absolute Gasteiger partial charge is 0.0952 e. The van der Waals surface area contributed by atoms with E-state index in [4.69, 9.17) is 0 Å². The fourth-order valence-corrected chi connectivity index (χ4v) is 1.61. The van der Waals surface area contributed by atoms with Crippen molar-refractivity contribution in [3.05, 3.63) is 42.0 Å². The SMILES string of the molecule is C=C(CC(C)(C)C)c1cccc(C)c1.CC.CC. The van der Waals surface area contributed by atoms with E-state index in [1.807, 2.05) is 27.7 Å². The van der Waals surface area contributed by atoms with Gasteiger partial charge in [-0.05, 0) is 29.9 Å². The van der Waals surface area contributed by atoms with E-state index in [0.29, 0.717) is 5.41 Å². The molecule has 104 valence electrons. The monoisotopic (exact) mass is 248 g/mol. The first-order chi connectivity index (χ1) is 8.38. The Labute approximate surface area is 115 Å². The highest BCUT2D eigenvalue weighted by Gasteiger charge is 2.12. The van der Waals surface area contributed by atoms with Crippen LogP contribution in [-0.2, 0) is 0 Å².